The SMILES string of the molecule is COC(=O)N1CCc2c(nc(C)n2C2C[C@H]3CC[C@@H](C2)N3CC[C@H](NC(C)=O)c2nccs2)C1. The van der Waals surface area contributed by atoms with Crippen molar-refractivity contribution in [1.29, 1.82) is 0 Å². The van der Waals surface area contributed by atoms with Crippen LogP contribution >= 0.6 is 11.3 Å². The number of fused-ring (bicyclic) bond motifs is 3. The highest BCUT2D eigenvalue weighted by Gasteiger charge is 2.42. The number of amides is 2. The molecule has 2 saturated heterocycles. The summed E-state index contributed by atoms with van der Waals surface area (Å²) in [7, 11) is 1.43. The van der Waals surface area contributed by atoms with Crippen molar-refractivity contribution in [3.63, 3.8) is 0 Å². The lowest BCUT2D eigenvalue weighted by Gasteiger charge is -2.41. The Kier molecular flexibility index (Phi) is 6.61. The summed E-state index contributed by atoms with van der Waals surface area (Å²) in [6, 6.07) is 1.56. The number of hydrogen-bond donors (Lipinski definition) is 1. The number of hydrogen-bond acceptors (Lipinski definition) is 7. The Morgan fingerprint density at radius 1 is 1.26 bits per heavy atom. The van der Waals surface area contributed by atoms with Crippen molar-refractivity contribution in [2.45, 2.75) is 83.1 Å². The van der Waals surface area contributed by atoms with E-state index in [0.717, 1.165) is 48.8 Å². The first-order chi connectivity index (χ1) is 16.4. The Morgan fingerprint density at radius 2 is 2.03 bits per heavy atom. The van der Waals surface area contributed by atoms with Crippen molar-refractivity contribution in [3.8, 4) is 0 Å². The Balaban J connectivity index is 1.26. The van der Waals surface area contributed by atoms with Crippen molar-refractivity contribution >= 4 is 23.3 Å². The molecule has 1 N–H and O–H groups in total. The van der Waals surface area contributed by atoms with Crippen molar-refractivity contribution in [2.24, 2.45) is 0 Å². The molecule has 10 heteroatoms. The molecule has 184 valence electrons. The van der Waals surface area contributed by atoms with Gasteiger partial charge in [0.05, 0.1) is 25.4 Å². The van der Waals surface area contributed by atoms with Gasteiger partial charge in [0, 0.05) is 61.8 Å². The molecule has 2 aromatic rings. The van der Waals surface area contributed by atoms with Crippen LogP contribution in [-0.2, 0) is 22.5 Å². The third kappa shape index (κ3) is 4.45. The number of aromatic nitrogens is 3. The maximum absolute atomic E-state index is 12.0. The second-order valence-corrected chi connectivity index (χ2v) is 10.7. The summed E-state index contributed by atoms with van der Waals surface area (Å²) in [6.07, 6.45) is 7.96. The molecule has 4 atom stereocenters. The molecule has 0 aliphatic carbocycles. The second kappa shape index (κ2) is 9.65. The zero-order valence-electron chi connectivity index (χ0n) is 20.2. The number of rotatable bonds is 6. The van der Waals surface area contributed by atoms with Gasteiger partial charge < -0.3 is 19.5 Å². The number of methoxy groups -OCH3 is 1. The lowest BCUT2D eigenvalue weighted by Crippen LogP contribution is -2.45. The molecule has 2 amide bonds. The molecule has 0 radical (unpaired) electrons. The van der Waals surface area contributed by atoms with E-state index in [2.05, 4.69) is 26.7 Å². The zero-order valence-corrected chi connectivity index (χ0v) is 21.0. The molecule has 34 heavy (non-hydrogen) atoms. The number of carbonyl (C=O) groups excluding carboxylic acids is 2. The van der Waals surface area contributed by atoms with Gasteiger partial charge in [-0.25, -0.2) is 14.8 Å². The number of piperidine rings is 1. The number of carbonyl (C=O) groups is 2. The Bertz CT molecular complexity index is 1020. The Hall–Kier alpha value is -2.46. The predicted molar refractivity (Wildman–Crippen MR) is 129 cm³/mol. The van der Waals surface area contributed by atoms with Crippen LogP contribution < -0.4 is 5.32 Å². The van der Waals surface area contributed by atoms with E-state index in [1.165, 1.54) is 25.6 Å². The fourth-order valence-electron chi connectivity index (χ4n) is 6.32. The quantitative estimate of drug-likeness (QED) is 0.674. The summed E-state index contributed by atoms with van der Waals surface area (Å²) in [6.45, 7) is 5.86. The standard InChI is InChI=1S/C24H34N6O3S/c1-15-26-21-14-28(24(32)33-3)9-7-22(21)30(15)19-12-17-4-5-18(13-19)29(17)10-6-20(27-16(2)31)23-25-8-11-34-23/h8,11,17-20H,4-7,9-10,12-14H2,1-3H3,(H,27,31)/t17-,18+,19?,20-/m0/s1. The van der Waals surface area contributed by atoms with Gasteiger partial charge in [-0.1, -0.05) is 0 Å². The molecular formula is C24H34N6O3S. The minimum Gasteiger partial charge on any atom is -0.453 e. The molecular weight excluding hydrogens is 452 g/mol. The van der Waals surface area contributed by atoms with E-state index in [-0.39, 0.29) is 18.0 Å². The van der Waals surface area contributed by atoms with E-state index < -0.39 is 0 Å². The molecule has 0 spiro atoms. The summed E-state index contributed by atoms with van der Waals surface area (Å²) in [5.41, 5.74) is 2.32. The highest BCUT2D eigenvalue weighted by Crippen LogP contribution is 2.43. The van der Waals surface area contributed by atoms with E-state index in [1.807, 2.05) is 11.6 Å². The van der Waals surface area contributed by atoms with Crippen LogP contribution in [-0.4, -0.2) is 68.6 Å². The number of imidazole rings is 1. The van der Waals surface area contributed by atoms with Crippen molar-refractivity contribution < 1.29 is 14.3 Å². The lowest BCUT2D eigenvalue weighted by atomic mass is 9.95. The smallest absolute Gasteiger partial charge is 0.409 e. The minimum absolute atomic E-state index is 0.00648. The molecule has 5 heterocycles. The number of ether oxygens (including phenoxy) is 1. The Morgan fingerprint density at radius 3 is 2.68 bits per heavy atom. The molecule has 0 saturated carbocycles. The molecule has 9 nitrogen and oxygen atoms in total. The van der Waals surface area contributed by atoms with Crippen LogP contribution in [0.3, 0.4) is 0 Å². The fourth-order valence-corrected chi connectivity index (χ4v) is 7.04. The van der Waals surface area contributed by atoms with Gasteiger partial charge in [0.2, 0.25) is 5.91 Å². The average Bonchev–Trinajstić information content (AvgIpc) is 3.51. The largest absolute Gasteiger partial charge is 0.453 e. The maximum atomic E-state index is 12.0. The first-order valence-corrected chi connectivity index (χ1v) is 13.1. The van der Waals surface area contributed by atoms with Crippen LogP contribution in [0.2, 0.25) is 0 Å². The monoisotopic (exact) mass is 486 g/mol. The van der Waals surface area contributed by atoms with Crippen LogP contribution in [0.25, 0.3) is 0 Å². The number of aryl methyl sites for hydroxylation is 1. The number of nitrogens with one attached hydrogen (secondary N) is 1. The van der Waals surface area contributed by atoms with Gasteiger partial charge in [0.1, 0.15) is 10.8 Å². The number of thiazole rings is 1. The van der Waals surface area contributed by atoms with Crippen LogP contribution in [0.4, 0.5) is 4.79 Å². The van der Waals surface area contributed by atoms with Gasteiger partial charge >= 0.3 is 6.09 Å². The molecule has 5 rings (SSSR count). The van der Waals surface area contributed by atoms with Gasteiger partial charge in [-0.3, -0.25) is 9.69 Å². The van der Waals surface area contributed by atoms with Gasteiger partial charge in [-0.2, -0.15) is 0 Å². The Labute approximate surface area is 204 Å². The van der Waals surface area contributed by atoms with E-state index in [0.29, 0.717) is 31.2 Å². The van der Waals surface area contributed by atoms with Crippen LogP contribution in [0.15, 0.2) is 11.6 Å². The van der Waals surface area contributed by atoms with Gasteiger partial charge in [0.15, 0.2) is 0 Å². The highest BCUT2D eigenvalue weighted by atomic mass is 32.1. The molecule has 2 bridgehead atoms. The average molecular weight is 487 g/mol. The fraction of sp³-hybridized carbons (Fsp3) is 0.667. The van der Waals surface area contributed by atoms with Crippen molar-refractivity contribution in [2.75, 3.05) is 20.2 Å². The minimum atomic E-state index is -0.278. The van der Waals surface area contributed by atoms with E-state index in [4.69, 9.17) is 9.72 Å². The predicted octanol–water partition coefficient (Wildman–Crippen LogP) is 3.21. The first kappa shape index (κ1) is 23.3. The van der Waals surface area contributed by atoms with Crippen LogP contribution in [0.1, 0.15) is 73.3 Å². The van der Waals surface area contributed by atoms with Gasteiger partial charge in [-0.15, -0.1) is 11.3 Å². The molecule has 1 unspecified atom stereocenters. The summed E-state index contributed by atoms with van der Waals surface area (Å²) < 4.78 is 7.39. The van der Waals surface area contributed by atoms with Crippen LogP contribution in [0.5, 0.6) is 0 Å². The zero-order chi connectivity index (χ0) is 23.8. The lowest BCUT2D eigenvalue weighted by molar-refractivity contribution is -0.119. The molecule has 0 aromatic carbocycles. The van der Waals surface area contributed by atoms with Gasteiger partial charge in [-0.05, 0) is 39.0 Å². The number of nitrogens with zero attached hydrogens (tertiary/aromatic N) is 5. The molecule has 3 aliphatic rings. The molecule has 2 fully saturated rings. The second-order valence-electron chi connectivity index (χ2n) is 9.72. The maximum Gasteiger partial charge on any atom is 0.409 e. The normalized spacial score (nSPS) is 25.1. The molecule has 2 aromatic heterocycles. The highest BCUT2D eigenvalue weighted by molar-refractivity contribution is 7.09. The summed E-state index contributed by atoms with van der Waals surface area (Å²) in [5.74, 6) is 1.05. The summed E-state index contributed by atoms with van der Waals surface area (Å²) in [5, 5.41) is 6.05. The summed E-state index contributed by atoms with van der Waals surface area (Å²) >= 11 is 1.61. The third-order valence-electron chi connectivity index (χ3n) is 7.69. The van der Waals surface area contributed by atoms with Crippen LogP contribution in [0, 0.1) is 6.92 Å². The van der Waals surface area contributed by atoms with Crippen molar-refractivity contribution in [3.05, 3.63) is 33.8 Å². The van der Waals surface area contributed by atoms with E-state index in [1.54, 1.807) is 23.2 Å². The van der Waals surface area contributed by atoms with E-state index in [9.17, 15) is 9.59 Å². The van der Waals surface area contributed by atoms with Gasteiger partial charge in [0.25, 0.3) is 0 Å². The third-order valence-corrected chi connectivity index (χ3v) is 8.58. The summed E-state index contributed by atoms with van der Waals surface area (Å²) in [4.78, 5) is 37.4. The first-order valence-electron chi connectivity index (χ1n) is 12.3. The van der Waals surface area contributed by atoms with E-state index >= 15 is 0 Å². The van der Waals surface area contributed by atoms with Crippen molar-refractivity contribution in [1.82, 2.24) is 29.7 Å². The molecule has 3 aliphatic heterocycles. The topological polar surface area (TPSA) is 92.6 Å².